The number of hydrogen-bond acceptors (Lipinski definition) is 5. The summed E-state index contributed by atoms with van der Waals surface area (Å²) in [6, 6.07) is 2.09. The topological polar surface area (TPSA) is 63.5 Å². The van der Waals surface area contributed by atoms with E-state index in [1.165, 1.54) is 29.7 Å². The number of pyridine rings is 1. The van der Waals surface area contributed by atoms with Crippen LogP contribution in [0.4, 0.5) is 10.5 Å². The van der Waals surface area contributed by atoms with E-state index in [0.717, 1.165) is 43.1 Å². The number of carbonyl (C=O) groups is 1. The van der Waals surface area contributed by atoms with Crippen molar-refractivity contribution in [3.63, 3.8) is 0 Å². The van der Waals surface area contributed by atoms with Gasteiger partial charge in [0.2, 0.25) is 0 Å². The highest BCUT2D eigenvalue weighted by molar-refractivity contribution is 5.91. The SMILES string of the molecule is Cn1cc(C2=Cc3c(N4CCN(C(=O)OCCC5CC5)CC4)ccnc3C2)cn1. The number of allylic oxidation sites excluding steroid dienone is 1. The number of anilines is 1. The molecule has 0 radical (unpaired) electrons. The molecule has 152 valence electrons. The number of carbonyl (C=O) groups excluding carboxylic acids is 1. The molecule has 2 aliphatic carbocycles. The standard InChI is InChI=1S/C22H27N5O2/c1-25-15-18(14-24-25)17-12-19-20(13-17)23-6-4-21(19)26-7-9-27(10-8-26)22(28)29-11-5-16-2-3-16/h4,6,12,14-16H,2-3,5,7-11,13H2,1H3. The lowest BCUT2D eigenvalue weighted by molar-refractivity contribution is 0.0978. The van der Waals surface area contributed by atoms with Crippen molar-refractivity contribution in [3.8, 4) is 0 Å². The molecule has 0 atom stereocenters. The van der Waals surface area contributed by atoms with Gasteiger partial charge in [-0.05, 0) is 30.1 Å². The Morgan fingerprint density at radius 2 is 2.07 bits per heavy atom. The van der Waals surface area contributed by atoms with Gasteiger partial charge < -0.3 is 14.5 Å². The second kappa shape index (κ2) is 7.54. The monoisotopic (exact) mass is 393 g/mol. The average Bonchev–Trinajstić information content (AvgIpc) is 3.28. The number of fused-ring (bicyclic) bond motifs is 1. The number of amides is 1. The van der Waals surface area contributed by atoms with Crippen molar-refractivity contribution in [2.24, 2.45) is 13.0 Å². The summed E-state index contributed by atoms with van der Waals surface area (Å²) in [5, 5.41) is 4.29. The average molecular weight is 393 g/mol. The molecular formula is C22H27N5O2. The molecule has 0 N–H and O–H groups in total. The second-order valence-electron chi connectivity index (χ2n) is 8.26. The lowest BCUT2D eigenvalue weighted by atomic mass is 10.1. The third-order valence-electron chi connectivity index (χ3n) is 6.13. The Labute approximate surface area is 171 Å². The van der Waals surface area contributed by atoms with Gasteiger partial charge in [-0.1, -0.05) is 12.8 Å². The van der Waals surface area contributed by atoms with Gasteiger partial charge in [-0.2, -0.15) is 5.10 Å². The van der Waals surface area contributed by atoms with E-state index in [-0.39, 0.29) is 6.09 Å². The predicted octanol–water partition coefficient (Wildman–Crippen LogP) is 2.97. The first-order valence-corrected chi connectivity index (χ1v) is 10.5. The van der Waals surface area contributed by atoms with Crippen LogP contribution in [0.2, 0.25) is 0 Å². The first-order chi connectivity index (χ1) is 14.2. The van der Waals surface area contributed by atoms with E-state index in [1.807, 2.05) is 35.2 Å². The third-order valence-corrected chi connectivity index (χ3v) is 6.13. The number of nitrogens with zero attached hydrogens (tertiary/aromatic N) is 5. The summed E-state index contributed by atoms with van der Waals surface area (Å²) < 4.78 is 7.28. The molecule has 5 rings (SSSR count). The zero-order valence-corrected chi connectivity index (χ0v) is 16.9. The molecule has 2 fully saturated rings. The van der Waals surface area contributed by atoms with Crippen LogP contribution >= 0.6 is 0 Å². The molecule has 0 spiro atoms. The Kier molecular flexibility index (Phi) is 4.73. The van der Waals surface area contributed by atoms with Gasteiger partial charge in [0.1, 0.15) is 0 Å². The van der Waals surface area contributed by atoms with Crippen LogP contribution in [0.1, 0.15) is 36.1 Å². The van der Waals surface area contributed by atoms with Crippen LogP contribution in [-0.2, 0) is 18.2 Å². The molecule has 0 bridgehead atoms. The number of aryl methyl sites for hydroxylation is 1. The van der Waals surface area contributed by atoms with E-state index in [4.69, 9.17) is 4.74 Å². The van der Waals surface area contributed by atoms with Gasteiger partial charge in [-0.3, -0.25) is 9.67 Å². The number of hydrogen-bond donors (Lipinski definition) is 0. The highest BCUT2D eigenvalue weighted by atomic mass is 16.6. The molecule has 1 amide bonds. The van der Waals surface area contributed by atoms with Gasteiger partial charge in [0.15, 0.2) is 0 Å². The molecule has 3 aliphatic rings. The number of rotatable bonds is 5. The van der Waals surface area contributed by atoms with Gasteiger partial charge >= 0.3 is 6.09 Å². The minimum absolute atomic E-state index is 0.163. The second-order valence-corrected chi connectivity index (χ2v) is 8.26. The molecule has 1 saturated carbocycles. The molecule has 29 heavy (non-hydrogen) atoms. The van der Waals surface area contributed by atoms with Crippen molar-refractivity contribution in [3.05, 3.63) is 41.5 Å². The lowest BCUT2D eigenvalue weighted by Crippen LogP contribution is -2.49. The van der Waals surface area contributed by atoms with Crippen LogP contribution in [0.3, 0.4) is 0 Å². The fourth-order valence-corrected chi connectivity index (χ4v) is 4.20. The summed E-state index contributed by atoms with van der Waals surface area (Å²) in [6.45, 7) is 3.56. The van der Waals surface area contributed by atoms with Gasteiger partial charge in [0, 0.05) is 68.9 Å². The van der Waals surface area contributed by atoms with Gasteiger partial charge in [0.25, 0.3) is 0 Å². The van der Waals surface area contributed by atoms with Crippen molar-refractivity contribution in [1.82, 2.24) is 19.7 Å². The van der Waals surface area contributed by atoms with E-state index >= 15 is 0 Å². The third kappa shape index (κ3) is 3.86. The van der Waals surface area contributed by atoms with Crippen molar-refractivity contribution in [1.29, 1.82) is 0 Å². The van der Waals surface area contributed by atoms with E-state index in [9.17, 15) is 4.79 Å². The summed E-state index contributed by atoms with van der Waals surface area (Å²) in [5.74, 6) is 0.790. The summed E-state index contributed by atoms with van der Waals surface area (Å²) in [4.78, 5) is 21.1. The van der Waals surface area contributed by atoms with Crippen molar-refractivity contribution in [2.75, 3.05) is 37.7 Å². The molecule has 0 unspecified atom stereocenters. The molecule has 2 aromatic rings. The maximum atomic E-state index is 12.3. The van der Waals surface area contributed by atoms with Gasteiger partial charge in [-0.25, -0.2) is 4.79 Å². The molecule has 0 aromatic carbocycles. The molecular weight excluding hydrogens is 366 g/mol. The van der Waals surface area contributed by atoms with Crippen LogP contribution < -0.4 is 4.90 Å². The minimum atomic E-state index is -0.163. The van der Waals surface area contributed by atoms with E-state index < -0.39 is 0 Å². The van der Waals surface area contributed by atoms with Crippen LogP contribution in [0, 0.1) is 5.92 Å². The maximum absolute atomic E-state index is 12.3. The Morgan fingerprint density at radius 1 is 1.24 bits per heavy atom. The van der Waals surface area contributed by atoms with Crippen molar-refractivity contribution in [2.45, 2.75) is 25.7 Å². The van der Waals surface area contributed by atoms with Crippen molar-refractivity contribution < 1.29 is 9.53 Å². The summed E-state index contributed by atoms with van der Waals surface area (Å²) in [7, 11) is 1.94. The number of aromatic nitrogens is 3. The fourth-order valence-electron chi connectivity index (χ4n) is 4.20. The van der Waals surface area contributed by atoms with Crippen LogP contribution in [0.25, 0.3) is 11.6 Å². The minimum Gasteiger partial charge on any atom is -0.449 e. The van der Waals surface area contributed by atoms with E-state index in [0.29, 0.717) is 19.7 Å². The quantitative estimate of drug-likeness (QED) is 0.782. The molecule has 1 aliphatic heterocycles. The van der Waals surface area contributed by atoms with Crippen LogP contribution in [-0.4, -0.2) is 58.5 Å². The predicted molar refractivity (Wildman–Crippen MR) is 111 cm³/mol. The molecule has 7 nitrogen and oxygen atoms in total. The maximum Gasteiger partial charge on any atom is 0.409 e. The Hall–Kier alpha value is -2.83. The summed E-state index contributed by atoms with van der Waals surface area (Å²) >= 11 is 0. The molecule has 1 saturated heterocycles. The smallest absolute Gasteiger partial charge is 0.409 e. The molecule has 2 aromatic heterocycles. The fraction of sp³-hybridized carbons (Fsp3) is 0.500. The zero-order chi connectivity index (χ0) is 19.8. The number of ether oxygens (including phenoxy) is 1. The molecule has 3 heterocycles. The van der Waals surface area contributed by atoms with Gasteiger partial charge in [-0.15, -0.1) is 0 Å². The highest BCUT2D eigenvalue weighted by Gasteiger charge is 2.27. The Bertz CT molecular complexity index is 938. The van der Waals surface area contributed by atoms with Crippen LogP contribution in [0.15, 0.2) is 24.7 Å². The first-order valence-electron chi connectivity index (χ1n) is 10.5. The normalized spacial score (nSPS) is 18.6. The van der Waals surface area contributed by atoms with E-state index in [1.54, 1.807) is 0 Å². The Balaban J connectivity index is 1.23. The zero-order valence-electron chi connectivity index (χ0n) is 16.9. The summed E-state index contributed by atoms with van der Waals surface area (Å²) in [6.07, 6.45) is 12.4. The van der Waals surface area contributed by atoms with E-state index in [2.05, 4.69) is 27.1 Å². The van der Waals surface area contributed by atoms with Gasteiger partial charge in [0.05, 0.1) is 18.5 Å². The van der Waals surface area contributed by atoms with Crippen LogP contribution in [0.5, 0.6) is 0 Å². The molecule has 7 heteroatoms. The number of piperazine rings is 1. The first kappa shape index (κ1) is 18.2. The van der Waals surface area contributed by atoms with Crippen molar-refractivity contribution >= 4 is 23.4 Å². The highest BCUT2D eigenvalue weighted by Crippen LogP contribution is 2.36. The summed E-state index contributed by atoms with van der Waals surface area (Å²) in [5.41, 5.74) is 5.92. The largest absolute Gasteiger partial charge is 0.449 e. The lowest BCUT2D eigenvalue weighted by Gasteiger charge is -2.36. The Morgan fingerprint density at radius 3 is 2.79 bits per heavy atom.